The van der Waals surface area contributed by atoms with Crippen LogP contribution in [0.5, 0.6) is 0 Å². The van der Waals surface area contributed by atoms with Crippen molar-refractivity contribution in [2.75, 3.05) is 26.2 Å². The van der Waals surface area contributed by atoms with E-state index < -0.39 is 18.3 Å². The van der Waals surface area contributed by atoms with Gasteiger partial charge in [-0.15, -0.1) is 0 Å². The topological polar surface area (TPSA) is 148 Å². The second kappa shape index (κ2) is 9.80. The van der Waals surface area contributed by atoms with Crippen molar-refractivity contribution in [2.45, 2.75) is 19.3 Å². The molecular formula is C10H16N3O6-3. The van der Waals surface area contributed by atoms with Crippen molar-refractivity contribution in [3.63, 3.8) is 0 Å². The average molecular weight is 274 g/mol. The van der Waals surface area contributed by atoms with Crippen LogP contribution < -0.4 is 26.0 Å². The van der Waals surface area contributed by atoms with Gasteiger partial charge in [0.1, 0.15) is 18.3 Å². The summed E-state index contributed by atoms with van der Waals surface area (Å²) in [6.07, 6.45) is -2.89. The number of nitrogens with one attached hydrogen (secondary N) is 2. The molecule has 0 aromatic rings. The maximum Gasteiger partial charge on any atom is 0.136 e. The summed E-state index contributed by atoms with van der Waals surface area (Å²) in [6, 6.07) is 0. The van der Waals surface area contributed by atoms with Crippen molar-refractivity contribution in [3.8, 4) is 0 Å². The van der Waals surface area contributed by atoms with Crippen LogP contribution in [0.15, 0.2) is 0 Å². The minimum Gasteiger partial charge on any atom is -0.530 e. The second-order valence-corrected chi connectivity index (χ2v) is 3.74. The van der Waals surface area contributed by atoms with Gasteiger partial charge in [0.25, 0.3) is 0 Å². The van der Waals surface area contributed by atoms with Crippen LogP contribution in [0.25, 0.3) is 0 Å². The lowest BCUT2D eigenvalue weighted by Crippen LogP contribution is -2.44. The number of carbonyl (C=O) groups excluding carboxylic acids is 3. The first kappa shape index (κ1) is 16.8. The summed E-state index contributed by atoms with van der Waals surface area (Å²) in [7, 11) is 0. The van der Waals surface area contributed by atoms with E-state index in [1.807, 2.05) is 5.32 Å². The molecule has 0 fully saturated rings. The van der Waals surface area contributed by atoms with E-state index in [-0.39, 0.29) is 26.2 Å². The number of hydrogen-bond acceptors (Lipinski definition) is 6. The number of unbranched alkanes of at least 4 members (excludes halogenated alkanes) is 1. The molecule has 0 aliphatic carbocycles. The van der Waals surface area contributed by atoms with Crippen LogP contribution in [0.2, 0.25) is 0 Å². The lowest BCUT2D eigenvalue weighted by Gasteiger charge is -2.25. The van der Waals surface area contributed by atoms with Crippen molar-refractivity contribution >= 4 is 18.3 Å². The molecule has 9 heteroatoms. The predicted octanol–water partition coefficient (Wildman–Crippen LogP) is -3.33. The van der Waals surface area contributed by atoms with E-state index >= 15 is 0 Å². The van der Waals surface area contributed by atoms with Crippen LogP contribution in [0.4, 0.5) is 14.4 Å². The second-order valence-electron chi connectivity index (χ2n) is 3.74. The van der Waals surface area contributed by atoms with E-state index in [1.54, 1.807) is 0 Å². The molecule has 0 spiro atoms. The number of amides is 3. The van der Waals surface area contributed by atoms with E-state index in [9.17, 15) is 29.7 Å². The summed E-state index contributed by atoms with van der Waals surface area (Å²) >= 11 is 0. The first-order valence-corrected chi connectivity index (χ1v) is 5.79. The largest absolute Gasteiger partial charge is 0.530 e. The van der Waals surface area contributed by atoms with Gasteiger partial charge < -0.3 is 45.2 Å². The molecule has 0 bridgehead atoms. The molecular weight excluding hydrogens is 258 g/mol. The molecule has 110 valence electrons. The fourth-order valence-electron chi connectivity index (χ4n) is 1.37. The Morgan fingerprint density at radius 1 is 0.789 bits per heavy atom. The number of rotatable bonds is 9. The molecule has 0 saturated carbocycles. The minimum atomic E-state index is -1.41. The van der Waals surface area contributed by atoms with Gasteiger partial charge in [-0.25, -0.2) is 0 Å². The fourth-order valence-corrected chi connectivity index (χ4v) is 1.37. The zero-order valence-corrected chi connectivity index (χ0v) is 10.3. The summed E-state index contributed by atoms with van der Waals surface area (Å²) in [5, 5.41) is 34.9. The van der Waals surface area contributed by atoms with Crippen molar-refractivity contribution < 1.29 is 29.7 Å². The molecule has 0 radical (unpaired) electrons. The van der Waals surface area contributed by atoms with Gasteiger partial charge in [0.2, 0.25) is 0 Å². The fraction of sp³-hybridized carbons (Fsp3) is 0.700. The van der Waals surface area contributed by atoms with Gasteiger partial charge in [0.15, 0.2) is 0 Å². The Morgan fingerprint density at radius 2 is 1.26 bits per heavy atom. The molecule has 0 aliphatic heterocycles. The van der Waals surface area contributed by atoms with E-state index in [2.05, 4.69) is 5.32 Å². The SMILES string of the molecule is O=C([O-])NCCCCN(CCCNC(=O)[O-])C(=O)[O-]. The summed E-state index contributed by atoms with van der Waals surface area (Å²) in [5.74, 6) is 0. The van der Waals surface area contributed by atoms with E-state index in [0.29, 0.717) is 19.3 Å². The van der Waals surface area contributed by atoms with Crippen LogP contribution in [-0.2, 0) is 0 Å². The van der Waals surface area contributed by atoms with Crippen molar-refractivity contribution in [2.24, 2.45) is 0 Å². The van der Waals surface area contributed by atoms with Crippen molar-refractivity contribution in [3.05, 3.63) is 0 Å². The van der Waals surface area contributed by atoms with Crippen LogP contribution in [0.1, 0.15) is 19.3 Å². The zero-order chi connectivity index (χ0) is 14.7. The molecule has 0 heterocycles. The van der Waals surface area contributed by atoms with Crippen LogP contribution in [0.3, 0.4) is 0 Å². The Balaban J connectivity index is 3.71. The third kappa shape index (κ3) is 10.7. The molecule has 0 unspecified atom stereocenters. The van der Waals surface area contributed by atoms with E-state index in [4.69, 9.17) is 0 Å². The number of hydrogen-bond donors (Lipinski definition) is 2. The number of nitrogens with zero attached hydrogens (tertiary/aromatic N) is 1. The van der Waals surface area contributed by atoms with Gasteiger partial charge in [-0.05, 0) is 19.3 Å². The molecule has 0 rings (SSSR count). The van der Waals surface area contributed by atoms with E-state index in [0.717, 1.165) is 4.90 Å². The maximum absolute atomic E-state index is 10.7. The maximum atomic E-state index is 10.7. The first-order chi connectivity index (χ1) is 8.93. The number of carbonyl (C=O) groups is 3. The molecule has 9 nitrogen and oxygen atoms in total. The van der Waals surface area contributed by atoms with Gasteiger partial charge >= 0.3 is 0 Å². The molecule has 19 heavy (non-hydrogen) atoms. The number of carboxylic acid groups (broad SMARTS) is 3. The van der Waals surface area contributed by atoms with Crippen LogP contribution in [-0.4, -0.2) is 49.4 Å². The summed E-state index contributed by atoms with van der Waals surface area (Å²) in [4.78, 5) is 31.9. The molecule has 3 amide bonds. The average Bonchev–Trinajstić information content (AvgIpc) is 2.30. The normalized spacial score (nSPS) is 9.68. The smallest absolute Gasteiger partial charge is 0.136 e. The highest BCUT2D eigenvalue weighted by Crippen LogP contribution is 1.96. The van der Waals surface area contributed by atoms with Crippen molar-refractivity contribution in [1.82, 2.24) is 15.5 Å². The molecule has 0 atom stereocenters. The van der Waals surface area contributed by atoms with Gasteiger partial charge in [-0.1, -0.05) is 0 Å². The van der Waals surface area contributed by atoms with Gasteiger partial charge in [0, 0.05) is 26.2 Å². The quantitative estimate of drug-likeness (QED) is 0.420. The molecule has 0 aromatic carbocycles. The highest BCUT2D eigenvalue weighted by atomic mass is 16.4. The van der Waals surface area contributed by atoms with Crippen molar-refractivity contribution in [1.29, 1.82) is 0 Å². The Labute approximate surface area is 110 Å². The monoisotopic (exact) mass is 274 g/mol. The van der Waals surface area contributed by atoms with E-state index in [1.165, 1.54) is 0 Å². The third-order valence-electron chi connectivity index (χ3n) is 2.26. The molecule has 0 aromatic heterocycles. The minimum absolute atomic E-state index is 0.0956. The van der Waals surface area contributed by atoms with Gasteiger partial charge in [-0.2, -0.15) is 0 Å². The molecule has 0 saturated heterocycles. The third-order valence-corrected chi connectivity index (χ3v) is 2.26. The van der Waals surface area contributed by atoms with Crippen LogP contribution >= 0.6 is 0 Å². The Morgan fingerprint density at radius 3 is 1.74 bits per heavy atom. The molecule has 2 N–H and O–H groups in total. The van der Waals surface area contributed by atoms with Gasteiger partial charge in [-0.3, -0.25) is 0 Å². The lowest BCUT2D eigenvalue weighted by molar-refractivity contribution is -0.265. The summed E-state index contributed by atoms with van der Waals surface area (Å²) in [6.45, 7) is 0.618. The summed E-state index contributed by atoms with van der Waals surface area (Å²) in [5.41, 5.74) is 0. The standard InChI is InChI=1S/C10H19N3O6/c14-8(15)11-4-1-2-6-13(10(18)19)7-3-5-12-9(16)17/h11-12H,1-7H2,(H,14,15)(H,16,17)(H,18,19)/p-3. The zero-order valence-electron chi connectivity index (χ0n) is 10.3. The predicted molar refractivity (Wildman–Crippen MR) is 57.6 cm³/mol. The lowest BCUT2D eigenvalue weighted by atomic mass is 10.3. The highest BCUT2D eigenvalue weighted by Gasteiger charge is 2.03. The Kier molecular flexibility index (Phi) is 8.67. The first-order valence-electron chi connectivity index (χ1n) is 5.79. The Bertz CT molecular complexity index is 310. The molecule has 0 aliphatic rings. The van der Waals surface area contributed by atoms with Gasteiger partial charge in [0.05, 0.1) is 0 Å². The summed E-state index contributed by atoms with van der Waals surface area (Å²) < 4.78 is 0. The Hall–Kier alpha value is -2.19. The van der Waals surface area contributed by atoms with Crippen LogP contribution in [0, 0.1) is 0 Å². The highest BCUT2D eigenvalue weighted by molar-refractivity contribution is 5.63.